The first-order valence-corrected chi connectivity index (χ1v) is 9.07. The number of hydrogen-bond acceptors (Lipinski definition) is 3. The smallest absolute Gasteiger partial charge is 0.242 e. The van der Waals surface area contributed by atoms with Crippen LogP contribution >= 0.6 is 23.2 Å². The third kappa shape index (κ3) is 3.23. The quantitative estimate of drug-likeness (QED) is 0.719. The maximum absolute atomic E-state index is 12.5. The van der Waals surface area contributed by atoms with Gasteiger partial charge in [-0.05, 0) is 31.2 Å². The molecule has 0 aliphatic heterocycles. The zero-order valence-corrected chi connectivity index (χ0v) is 14.4. The standard InChI is InChI=1S/C16H13Cl2NO3S/c1-10(14-9-11-5-2-3-7-13(11)22-14)19-23(20,21)15-8-4-6-12(17)16(15)18/h2-10,19H,1H3/t10-/m0/s1. The van der Waals surface area contributed by atoms with Gasteiger partial charge in [0.2, 0.25) is 10.0 Å². The summed E-state index contributed by atoms with van der Waals surface area (Å²) in [5, 5.41) is 1.10. The second-order valence-electron chi connectivity index (χ2n) is 5.08. The van der Waals surface area contributed by atoms with Crippen LogP contribution in [0.1, 0.15) is 18.7 Å². The van der Waals surface area contributed by atoms with Crippen LogP contribution in [0.5, 0.6) is 0 Å². The lowest BCUT2D eigenvalue weighted by molar-refractivity contribution is 0.484. The van der Waals surface area contributed by atoms with Crippen molar-refractivity contribution in [2.45, 2.75) is 17.9 Å². The summed E-state index contributed by atoms with van der Waals surface area (Å²) < 4.78 is 33.2. The molecular formula is C16H13Cl2NO3S. The van der Waals surface area contributed by atoms with Crippen molar-refractivity contribution in [2.24, 2.45) is 0 Å². The lowest BCUT2D eigenvalue weighted by Crippen LogP contribution is -2.26. The molecule has 1 N–H and O–H groups in total. The number of rotatable bonds is 4. The highest BCUT2D eigenvalue weighted by Crippen LogP contribution is 2.30. The van der Waals surface area contributed by atoms with Crippen molar-refractivity contribution < 1.29 is 12.8 Å². The van der Waals surface area contributed by atoms with Gasteiger partial charge in [-0.25, -0.2) is 13.1 Å². The van der Waals surface area contributed by atoms with Gasteiger partial charge in [-0.2, -0.15) is 0 Å². The molecule has 0 bridgehead atoms. The Kier molecular flexibility index (Phi) is 4.38. The second-order valence-corrected chi connectivity index (χ2v) is 7.55. The lowest BCUT2D eigenvalue weighted by atomic mass is 10.2. The molecule has 0 saturated carbocycles. The summed E-state index contributed by atoms with van der Waals surface area (Å²) in [7, 11) is -3.82. The Bertz CT molecular complexity index is 933. The van der Waals surface area contributed by atoms with Crippen molar-refractivity contribution in [3.05, 3.63) is 64.3 Å². The molecule has 0 saturated heterocycles. The minimum Gasteiger partial charge on any atom is -0.459 e. The van der Waals surface area contributed by atoms with Crippen molar-refractivity contribution in [1.29, 1.82) is 0 Å². The van der Waals surface area contributed by atoms with Crippen LogP contribution in [0.15, 0.2) is 57.8 Å². The van der Waals surface area contributed by atoms with E-state index in [1.165, 1.54) is 18.2 Å². The van der Waals surface area contributed by atoms with E-state index in [1.54, 1.807) is 6.92 Å². The average molecular weight is 370 g/mol. The molecule has 0 fully saturated rings. The maximum Gasteiger partial charge on any atom is 0.242 e. The molecular weight excluding hydrogens is 357 g/mol. The third-order valence-corrected chi connectivity index (χ3v) is 5.92. The highest BCUT2D eigenvalue weighted by molar-refractivity contribution is 7.89. The van der Waals surface area contributed by atoms with E-state index >= 15 is 0 Å². The van der Waals surface area contributed by atoms with Gasteiger partial charge in [-0.3, -0.25) is 0 Å². The zero-order chi connectivity index (χ0) is 16.6. The van der Waals surface area contributed by atoms with Crippen LogP contribution < -0.4 is 4.72 Å². The fourth-order valence-corrected chi connectivity index (χ4v) is 4.24. The van der Waals surface area contributed by atoms with E-state index in [1.807, 2.05) is 30.3 Å². The first kappa shape index (κ1) is 16.3. The third-order valence-electron chi connectivity index (χ3n) is 3.41. The topological polar surface area (TPSA) is 59.3 Å². The van der Waals surface area contributed by atoms with Gasteiger partial charge in [0.15, 0.2) is 0 Å². The molecule has 1 atom stereocenters. The monoisotopic (exact) mass is 369 g/mol. The van der Waals surface area contributed by atoms with Crippen molar-refractivity contribution in [3.8, 4) is 0 Å². The Morgan fingerprint density at radius 2 is 1.83 bits per heavy atom. The molecule has 23 heavy (non-hydrogen) atoms. The Hall–Kier alpha value is -1.53. The van der Waals surface area contributed by atoms with E-state index in [2.05, 4.69) is 4.72 Å². The summed E-state index contributed by atoms with van der Waals surface area (Å²) in [5.74, 6) is 0.521. The number of benzene rings is 2. The molecule has 0 amide bonds. The highest BCUT2D eigenvalue weighted by atomic mass is 35.5. The fraction of sp³-hybridized carbons (Fsp3) is 0.125. The van der Waals surface area contributed by atoms with Crippen LogP contribution in [0.2, 0.25) is 10.0 Å². The SMILES string of the molecule is C[C@H](NS(=O)(=O)c1cccc(Cl)c1Cl)c1cc2ccccc2o1. The van der Waals surface area contributed by atoms with Crippen LogP contribution in [-0.4, -0.2) is 8.42 Å². The van der Waals surface area contributed by atoms with Crippen molar-refractivity contribution >= 4 is 44.2 Å². The van der Waals surface area contributed by atoms with Crippen LogP contribution in [-0.2, 0) is 10.0 Å². The molecule has 7 heteroatoms. The summed E-state index contributed by atoms with van der Waals surface area (Å²) in [6, 6.07) is 13.2. The molecule has 0 aliphatic carbocycles. The minimum absolute atomic E-state index is 0.00141. The molecule has 3 rings (SSSR count). The molecule has 0 aliphatic rings. The molecule has 2 aromatic carbocycles. The van der Waals surface area contributed by atoms with Gasteiger partial charge in [0.25, 0.3) is 0 Å². The Balaban J connectivity index is 1.92. The van der Waals surface area contributed by atoms with Crippen molar-refractivity contribution in [2.75, 3.05) is 0 Å². The maximum atomic E-state index is 12.5. The Morgan fingerprint density at radius 3 is 2.57 bits per heavy atom. The van der Waals surface area contributed by atoms with E-state index in [4.69, 9.17) is 27.6 Å². The summed E-state index contributed by atoms with van der Waals surface area (Å²) >= 11 is 11.9. The van der Waals surface area contributed by atoms with Gasteiger partial charge < -0.3 is 4.42 Å². The van der Waals surface area contributed by atoms with Crippen LogP contribution in [0.3, 0.4) is 0 Å². The van der Waals surface area contributed by atoms with Crippen molar-refractivity contribution in [3.63, 3.8) is 0 Å². The molecule has 1 heterocycles. The van der Waals surface area contributed by atoms with E-state index in [0.717, 1.165) is 5.39 Å². The van der Waals surface area contributed by atoms with E-state index < -0.39 is 16.1 Å². The van der Waals surface area contributed by atoms with Crippen molar-refractivity contribution in [1.82, 2.24) is 4.72 Å². The predicted octanol–water partition coefficient (Wildman–Crippen LogP) is 4.78. The van der Waals surface area contributed by atoms with Gasteiger partial charge in [0.1, 0.15) is 16.2 Å². The van der Waals surface area contributed by atoms with Crippen LogP contribution in [0.25, 0.3) is 11.0 Å². The molecule has 0 spiro atoms. The molecule has 0 radical (unpaired) electrons. The van der Waals surface area contributed by atoms with Gasteiger partial charge in [-0.1, -0.05) is 47.5 Å². The zero-order valence-electron chi connectivity index (χ0n) is 12.1. The molecule has 120 valence electrons. The summed E-state index contributed by atoms with van der Waals surface area (Å²) in [4.78, 5) is -0.0605. The van der Waals surface area contributed by atoms with Gasteiger partial charge in [0, 0.05) is 5.39 Å². The molecule has 4 nitrogen and oxygen atoms in total. The summed E-state index contributed by atoms with van der Waals surface area (Å²) in [6.07, 6.45) is 0. The van der Waals surface area contributed by atoms with Gasteiger partial charge >= 0.3 is 0 Å². The number of furan rings is 1. The number of halogens is 2. The lowest BCUT2D eigenvalue weighted by Gasteiger charge is -2.13. The molecule has 3 aromatic rings. The number of sulfonamides is 1. The van der Waals surface area contributed by atoms with Crippen LogP contribution in [0.4, 0.5) is 0 Å². The highest BCUT2D eigenvalue weighted by Gasteiger charge is 2.23. The Morgan fingerprint density at radius 1 is 1.09 bits per heavy atom. The molecule has 1 aromatic heterocycles. The summed E-state index contributed by atoms with van der Waals surface area (Å²) in [6.45, 7) is 1.70. The second kappa shape index (κ2) is 6.17. The Labute approximate surface area is 144 Å². The summed E-state index contributed by atoms with van der Waals surface area (Å²) in [5.41, 5.74) is 0.703. The molecule has 0 unspecified atom stereocenters. The predicted molar refractivity (Wildman–Crippen MR) is 91.4 cm³/mol. The first-order valence-electron chi connectivity index (χ1n) is 6.83. The van der Waals surface area contributed by atoms with Gasteiger partial charge in [-0.15, -0.1) is 0 Å². The van der Waals surface area contributed by atoms with E-state index in [9.17, 15) is 8.42 Å². The van der Waals surface area contributed by atoms with E-state index in [0.29, 0.717) is 11.3 Å². The normalized spacial score (nSPS) is 13.3. The minimum atomic E-state index is -3.82. The average Bonchev–Trinajstić information content (AvgIpc) is 2.93. The van der Waals surface area contributed by atoms with E-state index in [-0.39, 0.29) is 14.9 Å². The first-order chi connectivity index (χ1) is 10.9. The number of nitrogens with one attached hydrogen (secondary N) is 1. The number of hydrogen-bond donors (Lipinski definition) is 1. The largest absolute Gasteiger partial charge is 0.459 e. The van der Waals surface area contributed by atoms with Gasteiger partial charge in [0.05, 0.1) is 16.1 Å². The number of fused-ring (bicyclic) bond motifs is 1. The van der Waals surface area contributed by atoms with Crippen LogP contribution in [0, 0.1) is 0 Å². The number of para-hydroxylation sites is 1. The fourth-order valence-electron chi connectivity index (χ4n) is 2.26.